The Morgan fingerprint density at radius 2 is 1.84 bits per heavy atom. The first-order chi connectivity index (χ1) is 8.97. The fourth-order valence-electron chi connectivity index (χ4n) is 2.11. The highest BCUT2D eigenvalue weighted by Gasteiger charge is 2.12. The summed E-state index contributed by atoms with van der Waals surface area (Å²) in [6, 6.07) is 5.47. The predicted molar refractivity (Wildman–Crippen MR) is 74.8 cm³/mol. The van der Waals surface area contributed by atoms with Crippen LogP contribution in [0.25, 0.3) is 21.8 Å². The molecule has 0 spiro atoms. The van der Waals surface area contributed by atoms with E-state index in [1.54, 1.807) is 0 Å². The van der Waals surface area contributed by atoms with Gasteiger partial charge in [0, 0.05) is 17.5 Å². The molecule has 0 aliphatic rings. The Labute approximate surface area is 111 Å². The van der Waals surface area contributed by atoms with E-state index in [0.29, 0.717) is 21.4 Å². The van der Waals surface area contributed by atoms with Crippen LogP contribution in [0.3, 0.4) is 0 Å². The van der Waals surface area contributed by atoms with E-state index in [1.165, 1.54) is 18.2 Å². The van der Waals surface area contributed by atoms with E-state index in [2.05, 4.69) is 4.98 Å². The van der Waals surface area contributed by atoms with Crippen LogP contribution < -0.4 is 11.2 Å². The smallest absolute Gasteiger partial charge is 0.201 e. The molecule has 5 nitrogen and oxygen atoms in total. The van der Waals surface area contributed by atoms with Crippen LogP contribution >= 0.6 is 11.6 Å². The van der Waals surface area contributed by atoms with Gasteiger partial charge >= 0.3 is 0 Å². The number of nitrogens with two attached hydrogens (primary N) is 1. The number of phenolic OH excluding ortho intramolecular Hbond substituents is 2. The molecule has 1 heterocycles. The van der Waals surface area contributed by atoms with Crippen LogP contribution in [0, 0.1) is 0 Å². The Kier molecular flexibility index (Phi) is 2.33. The molecule has 0 atom stereocenters. The van der Waals surface area contributed by atoms with Gasteiger partial charge in [-0.25, -0.2) is 0 Å². The third-order valence-electron chi connectivity index (χ3n) is 2.98. The van der Waals surface area contributed by atoms with Gasteiger partial charge in [-0.15, -0.1) is 0 Å². The average molecular weight is 277 g/mol. The number of phenols is 2. The minimum Gasteiger partial charge on any atom is -0.508 e. The number of aromatic amines is 1. The van der Waals surface area contributed by atoms with Crippen LogP contribution in [0.15, 0.2) is 29.1 Å². The van der Waals surface area contributed by atoms with Gasteiger partial charge in [0.15, 0.2) is 0 Å². The Bertz CT molecular complexity index is 887. The van der Waals surface area contributed by atoms with Crippen molar-refractivity contribution in [2.75, 3.05) is 5.73 Å². The van der Waals surface area contributed by atoms with E-state index >= 15 is 0 Å². The van der Waals surface area contributed by atoms with Crippen LogP contribution in [0.1, 0.15) is 0 Å². The highest BCUT2D eigenvalue weighted by molar-refractivity contribution is 6.33. The van der Waals surface area contributed by atoms with Gasteiger partial charge in [-0.1, -0.05) is 11.6 Å². The minimum atomic E-state index is -0.371. The monoisotopic (exact) mass is 276 g/mol. The topological polar surface area (TPSA) is 99.3 Å². The van der Waals surface area contributed by atoms with Crippen LogP contribution in [0.5, 0.6) is 11.5 Å². The van der Waals surface area contributed by atoms with Gasteiger partial charge in [-0.3, -0.25) is 4.79 Å². The van der Waals surface area contributed by atoms with E-state index < -0.39 is 0 Å². The first-order valence-corrected chi connectivity index (χ1v) is 5.82. The highest BCUT2D eigenvalue weighted by atomic mass is 35.5. The molecule has 96 valence electrons. The summed E-state index contributed by atoms with van der Waals surface area (Å²) in [5.41, 5.74) is 6.41. The third-order valence-corrected chi connectivity index (χ3v) is 3.31. The predicted octanol–water partition coefficient (Wildman–Crippen LogP) is 2.33. The van der Waals surface area contributed by atoms with E-state index in [4.69, 9.17) is 17.3 Å². The summed E-state index contributed by atoms with van der Waals surface area (Å²) in [4.78, 5) is 15.3. The highest BCUT2D eigenvalue weighted by Crippen LogP contribution is 2.30. The minimum absolute atomic E-state index is 0.104. The van der Waals surface area contributed by atoms with Crippen molar-refractivity contribution in [1.82, 2.24) is 4.98 Å². The second kappa shape index (κ2) is 3.80. The lowest BCUT2D eigenvalue weighted by molar-refractivity contribution is 0.455. The molecule has 1 aromatic heterocycles. The van der Waals surface area contributed by atoms with Gasteiger partial charge in [0.1, 0.15) is 11.5 Å². The summed E-state index contributed by atoms with van der Waals surface area (Å²) < 4.78 is 0. The number of rotatable bonds is 0. The number of pyridine rings is 1. The molecule has 3 aromatic rings. The fourth-order valence-corrected chi connectivity index (χ4v) is 2.27. The lowest BCUT2D eigenvalue weighted by Gasteiger charge is -2.07. The molecule has 0 unspecified atom stereocenters. The number of nitrogens with one attached hydrogen (secondary N) is 1. The molecule has 0 aliphatic heterocycles. The molecule has 0 aliphatic carbocycles. The number of halogens is 1. The summed E-state index contributed by atoms with van der Waals surface area (Å²) in [5, 5.41) is 20.0. The number of hydrogen-bond acceptors (Lipinski definition) is 4. The summed E-state index contributed by atoms with van der Waals surface area (Å²) in [5.74, 6) is -0.423. The SMILES string of the molecule is Nc1cc2c(=O)c3c(O)cc(O)cc3[nH]c2cc1Cl. The lowest BCUT2D eigenvalue weighted by atomic mass is 10.1. The molecular formula is C13H9ClN2O3. The van der Waals surface area contributed by atoms with E-state index in [-0.39, 0.29) is 28.0 Å². The van der Waals surface area contributed by atoms with Crippen LogP contribution in [0.4, 0.5) is 5.69 Å². The summed E-state index contributed by atoms with van der Waals surface area (Å²) in [6.07, 6.45) is 0. The van der Waals surface area contributed by atoms with Crippen molar-refractivity contribution >= 4 is 39.1 Å². The number of aromatic nitrogens is 1. The second-order valence-electron chi connectivity index (χ2n) is 4.26. The van der Waals surface area contributed by atoms with Crippen molar-refractivity contribution in [1.29, 1.82) is 0 Å². The molecule has 3 rings (SSSR count). The van der Waals surface area contributed by atoms with Crippen molar-refractivity contribution in [2.45, 2.75) is 0 Å². The number of nitrogen functional groups attached to an aromatic ring is 1. The number of H-pyrrole nitrogens is 1. The zero-order chi connectivity index (χ0) is 13.7. The van der Waals surface area contributed by atoms with Crippen molar-refractivity contribution < 1.29 is 10.2 Å². The van der Waals surface area contributed by atoms with E-state index in [0.717, 1.165) is 6.07 Å². The zero-order valence-corrected chi connectivity index (χ0v) is 10.3. The standard InChI is InChI=1S/C13H9ClN2O3/c14-7-4-9-6(3-8(7)15)13(19)12-10(16-9)1-5(17)2-11(12)18/h1-4,17-18H,15H2,(H,16,19). The van der Waals surface area contributed by atoms with Crippen molar-refractivity contribution in [3.8, 4) is 11.5 Å². The normalized spacial score (nSPS) is 11.2. The van der Waals surface area contributed by atoms with Crippen molar-refractivity contribution in [3.63, 3.8) is 0 Å². The fraction of sp³-hybridized carbons (Fsp3) is 0. The largest absolute Gasteiger partial charge is 0.508 e. The summed E-state index contributed by atoms with van der Waals surface area (Å²) >= 11 is 5.91. The summed E-state index contributed by atoms with van der Waals surface area (Å²) in [6.45, 7) is 0. The quantitative estimate of drug-likeness (QED) is 0.374. The van der Waals surface area contributed by atoms with Crippen LogP contribution in [-0.4, -0.2) is 15.2 Å². The Hall–Kier alpha value is -2.40. The first-order valence-electron chi connectivity index (χ1n) is 5.44. The lowest BCUT2D eigenvalue weighted by Crippen LogP contribution is -2.05. The molecule has 5 N–H and O–H groups in total. The molecule has 2 aromatic carbocycles. The number of benzene rings is 2. The van der Waals surface area contributed by atoms with E-state index in [9.17, 15) is 15.0 Å². The Morgan fingerprint density at radius 1 is 1.11 bits per heavy atom. The molecule has 0 radical (unpaired) electrons. The van der Waals surface area contributed by atoms with E-state index in [1.807, 2.05) is 0 Å². The average Bonchev–Trinajstić information content (AvgIpc) is 2.31. The van der Waals surface area contributed by atoms with Gasteiger partial charge in [0.05, 0.1) is 27.1 Å². The molecule has 19 heavy (non-hydrogen) atoms. The van der Waals surface area contributed by atoms with Crippen molar-refractivity contribution in [3.05, 3.63) is 39.5 Å². The number of aromatic hydroxyl groups is 2. The molecule has 0 fully saturated rings. The number of fused-ring (bicyclic) bond motifs is 2. The molecule has 0 saturated carbocycles. The summed E-state index contributed by atoms with van der Waals surface area (Å²) in [7, 11) is 0. The second-order valence-corrected chi connectivity index (χ2v) is 4.67. The van der Waals surface area contributed by atoms with Crippen LogP contribution in [0.2, 0.25) is 5.02 Å². The Balaban J connectivity index is 2.60. The Morgan fingerprint density at radius 3 is 2.58 bits per heavy atom. The van der Waals surface area contributed by atoms with Gasteiger partial charge < -0.3 is 20.9 Å². The molecular weight excluding hydrogens is 268 g/mol. The van der Waals surface area contributed by atoms with Gasteiger partial charge in [-0.05, 0) is 12.1 Å². The third kappa shape index (κ3) is 1.67. The van der Waals surface area contributed by atoms with Gasteiger partial charge in [0.25, 0.3) is 0 Å². The van der Waals surface area contributed by atoms with Crippen LogP contribution in [-0.2, 0) is 0 Å². The molecule has 0 bridgehead atoms. The number of hydrogen-bond donors (Lipinski definition) is 4. The maximum atomic E-state index is 12.3. The molecule has 0 saturated heterocycles. The molecule has 0 amide bonds. The number of anilines is 1. The van der Waals surface area contributed by atoms with Crippen molar-refractivity contribution in [2.24, 2.45) is 0 Å². The first kappa shape index (κ1) is 11.7. The zero-order valence-electron chi connectivity index (χ0n) is 9.57. The van der Waals surface area contributed by atoms with Gasteiger partial charge in [0.2, 0.25) is 5.43 Å². The maximum absolute atomic E-state index is 12.3. The molecule has 6 heteroatoms. The maximum Gasteiger partial charge on any atom is 0.201 e. The van der Waals surface area contributed by atoms with Gasteiger partial charge in [-0.2, -0.15) is 0 Å².